The van der Waals surface area contributed by atoms with Gasteiger partial charge in [-0.05, 0) is 54.9 Å². The Morgan fingerprint density at radius 3 is 2.35 bits per heavy atom. The van der Waals surface area contributed by atoms with E-state index in [9.17, 15) is 5.21 Å². The predicted octanol–water partition coefficient (Wildman–Crippen LogP) is 5.83. The Bertz CT molecular complexity index is 800. The lowest BCUT2D eigenvalue weighted by Crippen LogP contribution is -2.02. The lowest BCUT2D eigenvalue weighted by atomic mass is 9.91. The van der Waals surface area contributed by atoms with Gasteiger partial charge in [0.2, 0.25) is 0 Å². The van der Waals surface area contributed by atoms with Crippen molar-refractivity contribution in [3.8, 4) is 5.75 Å². The lowest BCUT2D eigenvalue weighted by molar-refractivity contribution is 0.306. The van der Waals surface area contributed by atoms with E-state index >= 15 is 0 Å². The molecule has 1 saturated carbocycles. The van der Waals surface area contributed by atoms with Crippen LogP contribution < -0.4 is 4.74 Å². The van der Waals surface area contributed by atoms with Crippen LogP contribution in [0.4, 0.5) is 0 Å². The number of benzene rings is 2. The molecule has 0 amide bonds. The second-order valence-corrected chi connectivity index (χ2v) is 7.23. The molecular formula is C23H25NO2. The molecule has 1 N–H and O–H groups in total. The second kappa shape index (κ2) is 7.77. The first-order valence-corrected chi connectivity index (χ1v) is 9.56. The molecule has 0 radical (unpaired) electrons. The first-order chi connectivity index (χ1) is 12.8. The summed E-state index contributed by atoms with van der Waals surface area (Å²) in [5.74, 6) is 1.53. The number of nitrogens with zero attached hydrogens (tertiary/aromatic N) is 1. The van der Waals surface area contributed by atoms with Gasteiger partial charge in [0.15, 0.2) is 0 Å². The van der Waals surface area contributed by atoms with Gasteiger partial charge in [-0.3, -0.25) is 0 Å². The van der Waals surface area contributed by atoms with Gasteiger partial charge in [0, 0.05) is 5.57 Å². The molecule has 26 heavy (non-hydrogen) atoms. The quantitative estimate of drug-likeness (QED) is 0.546. The maximum absolute atomic E-state index is 9.45. The van der Waals surface area contributed by atoms with Crippen molar-refractivity contribution in [2.45, 2.75) is 45.1 Å². The summed E-state index contributed by atoms with van der Waals surface area (Å²) in [5.41, 5.74) is 5.81. The molecular weight excluding hydrogens is 322 g/mol. The highest BCUT2D eigenvalue weighted by atomic mass is 16.5. The number of hydrogen-bond acceptors (Lipinski definition) is 3. The molecule has 0 bridgehead atoms. The SMILES string of the molecule is O/N=C1\CCC(C2CCCC2)=C1c1ccc(OCc2ccccc2)cc1. The summed E-state index contributed by atoms with van der Waals surface area (Å²) in [6.07, 6.45) is 7.07. The molecule has 0 atom stereocenters. The molecule has 0 unspecified atom stereocenters. The van der Waals surface area contributed by atoms with Crippen LogP contribution in [0, 0.1) is 5.92 Å². The molecule has 0 aliphatic heterocycles. The van der Waals surface area contributed by atoms with Crippen LogP contribution in [0.1, 0.15) is 49.7 Å². The third kappa shape index (κ3) is 3.52. The lowest BCUT2D eigenvalue weighted by Gasteiger charge is -2.15. The molecule has 2 aromatic carbocycles. The van der Waals surface area contributed by atoms with Crippen molar-refractivity contribution in [1.29, 1.82) is 0 Å². The second-order valence-electron chi connectivity index (χ2n) is 7.23. The van der Waals surface area contributed by atoms with Crippen molar-refractivity contribution in [3.05, 3.63) is 71.3 Å². The number of hydrogen-bond donors (Lipinski definition) is 1. The topological polar surface area (TPSA) is 41.8 Å². The monoisotopic (exact) mass is 347 g/mol. The van der Waals surface area contributed by atoms with E-state index in [2.05, 4.69) is 29.4 Å². The van der Waals surface area contributed by atoms with Gasteiger partial charge < -0.3 is 9.94 Å². The van der Waals surface area contributed by atoms with E-state index in [-0.39, 0.29) is 0 Å². The summed E-state index contributed by atoms with van der Waals surface area (Å²) in [6, 6.07) is 18.4. The maximum Gasteiger partial charge on any atom is 0.119 e. The summed E-state index contributed by atoms with van der Waals surface area (Å²) in [6.45, 7) is 0.569. The van der Waals surface area contributed by atoms with E-state index in [1.165, 1.54) is 36.8 Å². The highest BCUT2D eigenvalue weighted by Crippen LogP contribution is 2.42. The maximum atomic E-state index is 9.45. The molecule has 3 nitrogen and oxygen atoms in total. The van der Waals surface area contributed by atoms with Crippen molar-refractivity contribution in [1.82, 2.24) is 0 Å². The zero-order valence-corrected chi connectivity index (χ0v) is 15.0. The first-order valence-electron chi connectivity index (χ1n) is 9.56. The third-order valence-electron chi connectivity index (χ3n) is 5.60. The minimum atomic E-state index is 0.569. The highest BCUT2D eigenvalue weighted by molar-refractivity contribution is 6.26. The fourth-order valence-electron chi connectivity index (χ4n) is 4.28. The first kappa shape index (κ1) is 16.9. The van der Waals surface area contributed by atoms with Crippen molar-refractivity contribution in [2.24, 2.45) is 11.1 Å². The molecule has 4 rings (SSSR count). The van der Waals surface area contributed by atoms with E-state index < -0.39 is 0 Å². The highest BCUT2D eigenvalue weighted by Gasteiger charge is 2.30. The van der Waals surface area contributed by atoms with Crippen LogP contribution >= 0.6 is 0 Å². The van der Waals surface area contributed by atoms with Crippen LogP contribution in [0.15, 0.2) is 65.3 Å². The third-order valence-corrected chi connectivity index (χ3v) is 5.60. The normalized spacial score (nSPS) is 19.5. The Morgan fingerprint density at radius 1 is 0.923 bits per heavy atom. The van der Waals surface area contributed by atoms with E-state index in [4.69, 9.17) is 4.74 Å². The van der Waals surface area contributed by atoms with Gasteiger partial charge in [-0.15, -0.1) is 0 Å². The molecule has 134 valence electrons. The minimum Gasteiger partial charge on any atom is -0.489 e. The van der Waals surface area contributed by atoms with Crippen LogP contribution in [0.2, 0.25) is 0 Å². The fraction of sp³-hybridized carbons (Fsp3) is 0.348. The van der Waals surface area contributed by atoms with E-state index in [1.54, 1.807) is 0 Å². The van der Waals surface area contributed by atoms with Crippen LogP contribution in [-0.4, -0.2) is 10.9 Å². The minimum absolute atomic E-state index is 0.569. The molecule has 2 aliphatic rings. The Kier molecular flexibility index (Phi) is 5.05. The van der Waals surface area contributed by atoms with Crippen molar-refractivity contribution < 1.29 is 9.94 Å². The fourth-order valence-corrected chi connectivity index (χ4v) is 4.28. The molecule has 0 spiro atoms. The van der Waals surface area contributed by atoms with Gasteiger partial charge in [0.05, 0.1) is 5.71 Å². The molecule has 0 saturated heterocycles. The van der Waals surface area contributed by atoms with E-state index in [0.29, 0.717) is 12.5 Å². The van der Waals surface area contributed by atoms with Crippen LogP contribution in [0.5, 0.6) is 5.75 Å². The van der Waals surface area contributed by atoms with Gasteiger partial charge in [-0.2, -0.15) is 0 Å². The van der Waals surface area contributed by atoms with E-state index in [1.807, 2.05) is 30.3 Å². The number of rotatable bonds is 5. The van der Waals surface area contributed by atoms with Gasteiger partial charge in [0.1, 0.15) is 12.4 Å². The predicted molar refractivity (Wildman–Crippen MR) is 105 cm³/mol. The van der Waals surface area contributed by atoms with Crippen molar-refractivity contribution in [3.63, 3.8) is 0 Å². The summed E-state index contributed by atoms with van der Waals surface area (Å²) in [4.78, 5) is 0. The summed E-state index contributed by atoms with van der Waals surface area (Å²) in [7, 11) is 0. The Hall–Kier alpha value is -2.55. The number of oxime groups is 1. The van der Waals surface area contributed by atoms with E-state index in [0.717, 1.165) is 35.4 Å². The van der Waals surface area contributed by atoms with Crippen molar-refractivity contribution in [2.75, 3.05) is 0 Å². The molecule has 1 fully saturated rings. The Morgan fingerprint density at radius 2 is 1.65 bits per heavy atom. The molecule has 3 heteroatoms. The van der Waals surface area contributed by atoms with Gasteiger partial charge in [-0.25, -0.2) is 0 Å². The number of ether oxygens (including phenoxy) is 1. The standard InChI is InChI=1S/C23H25NO2/c25-24-22-15-14-21(18-8-4-5-9-18)23(22)19-10-12-20(13-11-19)26-16-17-6-2-1-3-7-17/h1-3,6-7,10-13,18,25H,4-5,8-9,14-16H2/b24-22+. The largest absolute Gasteiger partial charge is 0.489 e. The average molecular weight is 347 g/mol. The zero-order chi connectivity index (χ0) is 17.8. The molecule has 0 aromatic heterocycles. The summed E-state index contributed by atoms with van der Waals surface area (Å²) >= 11 is 0. The Balaban J connectivity index is 1.53. The molecule has 2 aromatic rings. The van der Waals surface area contributed by atoms with Gasteiger partial charge in [-0.1, -0.05) is 66.0 Å². The van der Waals surface area contributed by atoms with Crippen molar-refractivity contribution >= 4 is 11.3 Å². The van der Waals surface area contributed by atoms with Crippen LogP contribution in [-0.2, 0) is 6.61 Å². The molecule has 0 heterocycles. The number of allylic oxidation sites excluding steroid dienone is 2. The Labute approximate surface area is 155 Å². The summed E-state index contributed by atoms with van der Waals surface area (Å²) in [5, 5.41) is 13.0. The smallest absolute Gasteiger partial charge is 0.119 e. The molecule has 2 aliphatic carbocycles. The zero-order valence-electron chi connectivity index (χ0n) is 15.0. The average Bonchev–Trinajstić information content (AvgIpc) is 3.37. The van der Waals surface area contributed by atoms with Crippen LogP contribution in [0.3, 0.4) is 0 Å². The summed E-state index contributed by atoms with van der Waals surface area (Å²) < 4.78 is 5.89. The van der Waals surface area contributed by atoms with Crippen LogP contribution in [0.25, 0.3) is 5.57 Å². The van der Waals surface area contributed by atoms with Gasteiger partial charge in [0.25, 0.3) is 0 Å². The van der Waals surface area contributed by atoms with Gasteiger partial charge >= 0.3 is 0 Å².